The molecule has 0 radical (unpaired) electrons. The maximum atomic E-state index is 6.06. The van der Waals surface area contributed by atoms with Crippen LogP contribution in [0.4, 0.5) is 5.82 Å². The normalized spacial score (nSPS) is 18.6. The minimum absolute atomic E-state index is 0.494. The molecule has 1 unspecified atom stereocenters. The largest absolute Gasteiger partial charge is 0.355 e. The van der Waals surface area contributed by atoms with Gasteiger partial charge in [-0.1, -0.05) is 23.7 Å². The molecule has 4 nitrogen and oxygen atoms in total. The smallest absolute Gasteiger partial charge is 0.132 e. The fourth-order valence-corrected chi connectivity index (χ4v) is 3.20. The maximum absolute atomic E-state index is 6.06. The first-order valence-electron chi connectivity index (χ1n) is 7.60. The van der Waals surface area contributed by atoms with Crippen LogP contribution in [0.15, 0.2) is 36.7 Å². The minimum Gasteiger partial charge on any atom is -0.355 e. The summed E-state index contributed by atoms with van der Waals surface area (Å²) in [5.74, 6) is 1.00. The first-order valence-corrected chi connectivity index (χ1v) is 7.98. The van der Waals surface area contributed by atoms with E-state index in [4.69, 9.17) is 11.6 Å². The lowest BCUT2D eigenvalue weighted by Gasteiger charge is -2.26. The number of hydrogen-bond acceptors (Lipinski definition) is 4. The highest BCUT2D eigenvalue weighted by Crippen LogP contribution is 2.22. The molecule has 2 heterocycles. The van der Waals surface area contributed by atoms with Gasteiger partial charge in [0.1, 0.15) is 12.1 Å². The van der Waals surface area contributed by atoms with Crippen LogP contribution in [0.1, 0.15) is 17.7 Å². The van der Waals surface area contributed by atoms with Crippen molar-refractivity contribution in [2.75, 3.05) is 25.0 Å². The van der Waals surface area contributed by atoms with Gasteiger partial charge in [0.05, 0.1) is 0 Å². The molecule has 116 valence electrons. The molecule has 1 aliphatic rings. The van der Waals surface area contributed by atoms with E-state index in [9.17, 15) is 0 Å². The fourth-order valence-electron chi connectivity index (χ4n) is 2.99. The third-order valence-corrected chi connectivity index (χ3v) is 4.48. The summed E-state index contributed by atoms with van der Waals surface area (Å²) in [5, 5.41) is 0.807. The number of hydrogen-bond donors (Lipinski definition) is 0. The molecule has 0 amide bonds. The molecular formula is C17H21ClN4. The number of anilines is 1. The minimum atomic E-state index is 0.494. The molecule has 1 aromatic carbocycles. The van der Waals surface area contributed by atoms with Gasteiger partial charge >= 0.3 is 0 Å². The number of halogens is 1. The van der Waals surface area contributed by atoms with Gasteiger partial charge in [-0.25, -0.2) is 9.97 Å². The Kier molecular flexibility index (Phi) is 4.60. The van der Waals surface area contributed by atoms with Crippen LogP contribution < -0.4 is 4.90 Å². The number of aromatic nitrogens is 2. The van der Waals surface area contributed by atoms with Crippen molar-refractivity contribution in [1.82, 2.24) is 14.9 Å². The van der Waals surface area contributed by atoms with E-state index < -0.39 is 0 Å². The van der Waals surface area contributed by atoms with E-state index in [1.165, 1.54) is 5.56 Å². The number of likely N-dealkylation sites (N-methyl/N-ethyl adjacent to an activating group) is 1. The van der Waals surface area contributed by atoms with Crippen molar-refractivity contribution in [1.29, 1.82) is 0 Å². The van der Waals surface area contributed by atoms with E-state index in [1.807, 2.05) is 31.2 Å². The Labute approximate surface area is 136 Å². The Balaban J connectivity index is 1.62. The van der Waals surface area contributed by atoms with E-state index in [0.717, 1.165) is 42.6 Å². The Hall–Kier alpha value is -1.65. The van der Waals surface area contributed by atoms with Crippen molar-refractivity contribution in [3.05, 3.63) is 52.9 Å². The van der Waals surface area contributed by atoms with Gasteiger partial charge in [0, 0.05) is 49.5 Å². The molecule has 22 heavy (non-hydrogen) atoms. The Morgan fingerprint density at radius 1 is 1.32 bits per heavy atom. The molecule has 1 saturated heterocycles. The molecule has 1 aliphatic heterocycles. The lowest BCUT2D eigenvalue weighted by Crippen LogP contribution is -2.35. The second kappa shape index (κ2) is 6.63. The topological polar surface area (TPSA) is 32.3 Å². The standard InChI is InChI=1S/C17H21ClN4/c1-13-8-17(20-12-19-13)21(2)16-6-7-22(11-16)10-14-4-3-5-15(18)9-14/h3-5,8-9,12,16H,6-7,10-11H2,1-2H3. The molecule has 1 atom stereocenters. The van der Waals surface area contributed by atoms with E-state index in [2.05, 4.69) is 32.9 Å². The molecule has 5 heteroatoms. The second-order valence-corrected chi connectivity index (χ2v) is 6.37. The first kappa shape index (κ1) is 15.3. The average molecular weight is 317 g/mol. The molecule has 1 aromatic heterocycles. The van der Waals surface area contributed by atoms with Gasteiger partial charge in [0.25, 0.3) is 0 Å². The van der Waals surface area contributed by atoms with Gasteiger partial charge in [-0.05, 0) is 31.0 Å². The lowest BCUT2D eigenvalue weighted by atomic mass is 10.2. The zero-order valence-corrected chi connectivity index (χ0v) is 13.8. The summed E-state index contributed by atoms with van der Waals surface area (Å²) < 4.78 is 0. The number of likely N-dealkylation sites (tertiary alicyclic amines) is 1. The highest BCUT2D eigenvalue weighted by Gasteiger charge is 2.26. The number of benzene rings is 1. The second-order valence-electron chi connectivity index (χ2n) is 5.94. The summed E-state index contributed by atoms with van der Waals surface area (Å²) in [7, 11) is 2.12. The molecule has 1 fully saturated rings. The van der Waals surface area contributed by atoms with Gasteiger partial charge < -0.3 is 4.90 Å². The third-order valence-electron chi connectivity index (χ3n) is 4.24. The number of rotatable bonds is 4. The zero-order chi connectivity index (χ0) is 15.5. The van der Waals surface area contributed by atoms with Crippen molar-refractivity contribution < 1.29 is 0 Å². The Morgan fingerprint density at radius 2 is 2.18 bits per heavy atom. The third kappa shape index (κ3) is 3.57. The molecule has 0 N–H and O–H groups in total. The summed E-state index contributed by atoms with van der Waals surface area (Å²) in [5.41, 5.74) is 2.28. The molecule has 0 spiro atoms. The van der Waals surface area contributed by atoms with Crippen molar-refractivity contribution >= 4 is 17.4 Å². The quantitative estimate of drug-likeness (QED) is 0.867. The van der Waals surface area contributed by atoms with E-state index in [0.29, 0.717) is 6.04 Å². The summed E-state index contributed by atoms with van der Waals surface area (Å²) in [6.07, 6.45) is 2.79. The van der Waals surface area contributed by atoms with Crippen LogP contribution in [0.2, 0.25) is 5.02 Å². The van der Waals surface area contributed by atoms with Gasteiger partial charge in [-0.3, -0.25) is 4.90 Å². The zero-order valence-electron chi connectivity index (χ0n) is 13.0. The Morgan fingerprint density at radius 3 is 2.95 bits per heavy atom. The van der Waals surface area contributed by atoms with Crippen LogP contribution >= 0.6 is 11.6 Å². The summed E-state index contributed by atoms with van der Waals surface area (Å²) in [6, 6.07) is 10.7. The highest BCUT2D eigenvalue weighted by atomic mass is 35.5. The maximum Gasteiger partial charge on any atom is 0.132 e. The summed E-state index contributed by atoms with van der Waals surface area (Å²) in [4.78, 5) is 13.3. The van der Waals surface area contributed by atoms with Crippen LogP contribution in [-0.4, -0.2) is 41.0 Å². The first-order chi connectivity index (χ1) is 10.6. The summed E-state index contributed by atoms with van der Waals surface area (Å²) >= 11 is 6.06. The van der Waals surface area contributed by atoms with Crippen LogP contribution in [0.5, 0.6) is 0 Å². The SMILES string of the molecule is Cc1cc(N(C)C2CCN(Cc3cccc(Cl)c3)C2)ncn1. The van der Waals surface area contributed by atoms with Crippen molar-refractivity contribution in [2.24, 2.45) is 0 Å². The van der Waals surface area contributed by atoms with Gasteiger partial charge in [-0.15, -0.1) is 0 Å². The van der Waals surface area contributed by atoms with Gasteiger partial charge in [0.2, 0.25) is 0 Å². The summed E-state index contributed by atoms with van der Waals surface area (Å²) in [6.45, 7) is 5.10. The van der Waals surface area contributed by atoms with Gasteiger partial charge in [-0.2, -0.15) is 0 Å². The molecular weight excluding hydrogens is 296 g/mol. The van der Waals surface area contributed by atoms with E-state index >= 15 is 0 Å². The molecule has 2 aromatic rings. The van der Waals surface area contributed by atoms with Crippen LogP contribution in [0.3, 0.4) is 0 Å². The predicted molar refractivity (Wildman–Crippen MR) is 90.3 cm³/mol. The molecule has 0 saturated carbocycles. The predicted octanol–water partition coefficient (Wildman–Crippen LogP) is 3.15. The molecule has 0 bridgehead atoms. The number of aryl methyl sites for hydroxylation is 1. The highest BCUT2D eigenvalue weighted by molar-refractivity contribution is 6.30. The van der Waals surface area contributed by atoms with Crippen molar-refractivity contribution in [3.63, 3.8) is 0 Å². The van der Waals surface area contributed by atoms with Crippen LogP contribution in [0, 0.1) is 6.92 Å². The lowest BCUT2D eigenvalue weighted by molar-refractivity contribution is 0.326. The number of nitrogens with zero attached hydrogens (tertiary/aromatic N) is 4. The van der Waals surface area contributed by atoms with Crippen molar-refractivity contribution in [2.45, 2.75) is 25.9 Å². The van der Waals surface area contributed by atoms with Crippen LogP contribution in [0.25, 0.3) is 0 Å². The van der Waals surface area contributed by atoms with Crippen molar-refractivity contribution in [3.8, 4) is 0 Å². The fraction of sp³-hybridized carbons (Fsp3) is 0.412. The van der Waals surface area contributed by atoms with Crippen LogP contribution in [-0.2, 0) is 6.54 Å². The van der Waals surface area contributed by atoms with E-state index in [1.54, 1.807) is 6.33 Å². The Bertz CT molecular complexity index is 646. The van der Waals surface area contributed by atoms with E-state index in [-0.39, 0.29) is 0 Å². The molecule has 0 aliphatic carbocycles. The van der Waals surface area contributed by atoms with Gasteiger partial charge in [0.15, 0.2) is 0 Å². The average Bonchev–Trinajstić information content (AvgIpc) is 2.95. The monoisotopic (exact) mass is 316 g/mol. The molecule has 3 rings (SSSR count).